The predicted molar refractivity (Wildman–Crippen MR) is 97.4 cm³/mol. The van der Waals surface area contributed by atoms with Crippen LogP contribution >= 0.6 is 23.2 Å². The van der Waals surface area contributed by atoms with Crippen molar-refractivity contribution in [3.05, 3.63) is 63.8 Å². The van der Waals surface area contributed by atoms with Gasteiger partial charge in [0.2, 0.25) is 5.91 Å². The molecule has 1 amide bonds. The molecule has 0 radical (unpaired) electrons. The van der Waals surface area contributed by atoms with Crippen molar-refractivity contribution in [3.63, 3.8) is 0 Å². The van der Waals surface area contributed by atoms with Crippen LogP contribution in [0.3, 0.4) is 0 Å². The Kier molecular flexibility index (Phi) is 5.44. The first-order valence-corrected chi connectivity index (χ1v) is 8.48. The summed E-state index contributed by atoms with van der Waals surface area (Å²) in [5.41, 5.74) is 1.63. The Hall–Kier alpha value is -2.57. The van der Waals surface area contributed by atoms with Crippen molar-refractivity contribution in [1.82, 2.24) is 10.5 Å². The summed E-state index contributed by atoms with van der Waals surface area (Å²) in [5, 5.41) is 17.3. The molecule has 0 fully saturated rings. The molecule has 0 aliphatic heterocycles. The third kappa shape index (κ3) is 4.33. The topological polar surface area (TPSA) is 92.4 Å². The van der Waals surface area contributed by atoms with Gasteiger partial charge in [-0.1, -0.05) is 40.5 Å². The van der Waals surface area contributed by atoms with E-state index >= 15 is 0 Å². The Morgan fingerprint density at radius 3 is 2.54 bits per heavy atom. The molecule has 2 aromatic carbocycles. The Bertz CT molecular complexity index is 950. The molecule has 0 bridgehead atoms. The van der Waals surface area contributed by atoms with Crippen LogP contribution in [0.1, 0.15) is 11.3 Å². The molecular formula is C18H14Cl2N2O4. The van der Waals surface area contributed by atoms with E-state index in [4.69, 9.17) is 27.7 Å². The third-order valence-electron chi connectivity index (χ3n) is 3.78. The van der Waals surface area contributed by atoms with Crippen LogP contribution in [0.2, 0.25) is 10.0 Å². The van der Waals surface area contributed by atoms with E-state index in [1.807, 2.05) is 6.07 Å². The largest absolute Gasteiger partial charge is 0.480 e. The van der Waals surface area contributed by atoms with Crippen LogP contribution in [-0.4, -0.2) is 28.2 Å². The van der Waals surface area contributed by atoms with Gasteiger partial charge in [0, 0.05) is 21.9 Å². The molecule has 1 heterocycles. The predicted octanol–water partition coefficient (Wildman–Crippen LogP) is 3.49. The fraction of sp³-hybridized carbons (Fsp3) is 0.167. The first-order valence-electron chi connectivity index (χ1n) is 7.73. The van der Waals surface area contributed by atoms with Gasteiger partial charge in [-0.15, -0.1) is 0 Å². The fourth-order valence-electron chi connectivity index (χ4n) is 2.63. The van der Waals surface area contributed by atoms with Crippen molar-refractivity contribution < 1.29 is 19.2 Å². The molecule has 8 heteroatoms. The van der Waals surface area contributed by atoms with Gasteiger partial charge in [-0.05, 0) is 35.9 Å². The van der Waals surface area contributed by atoms with Crippen LogP contribution in [0.5, 0.6) is 0 Å². The maximum absolute atomic E-state index is 12.3. The van der Waals surface area contributed by atoms with Crippen molar-refractivity contribution in [2.24, 2.45) is 0 Å². The summed E-state index contributed by atoms with van der Waals surface area (Å²) < 4.78 is 5.15. The Morgan fingerprint density at radius 1 is 1.15 bits per heavy atom. The number of carbonyl (C=O) groups is 2. The van der Waals surface area contributed by atoms with Crippen LogP contribution in [-0.2, 0) is 22.4 Å². The fourth-order valence-corrected chi connectivity index (χ4v) is 3.20. The van der Waals surface area contributed by atoms with Crippen molar-refractivity contribution in [2.45, 2.75) is 18.9 Å². The van der Waals surface area contributed by atoms with Crippen LogP contribution < -0.4 is 5.32 Å². The second-order valence-electron chi connectivity index (χ2n) is 5.74. The summed E-state index contributed by atoms with van der Waals surface area (Å²) in [5.74, 6) is -1.62. The highest BCUT2D eigenvalue weighted by atomic mass is 35.5. The number of aliphatic carboxylic acids is 1. The van der Waals surface area contributed by atoms with Crippen molar-refractivity contribution in [3.8, 4) is 0 Å². The Labute approximate surface area is 158 Å². The number of carboxylic acids is 1. The van der Waals surface area contributed by atoms with Crippen molar-refractivity contribution in [1.29, 1.82) is 0 Å². The lowest BCUT2D eigenvalue weighted by molar-refractivity contribution is -0.141. The van der Waals surface area contributed by atoms with E-state index in [9.17, 15) is 14.7 Å². The number of para-hydroxylation sites is 1. The van der Waals surface area contributed by atoms with Gasteiger partial charge in [0.05, 0.1) is 6.42 Å². The molecule has 26 heavy (non-hydrogen) atoms. The summed E-state index contributed by atoms with van der Waals surface area (Å²) in [4.78, 5) is 23.8. The van der Waals surface area contributed by atoms with Crippen LogP contribution in [0.15, 0.2) is 47.0 Å². The normalized spacial score (nSPS) is 12.1. The molecule has 1 unspecified atom stereocenters. The highest BCUT2D eigenvalue weighted by molar-refractivity contribution is 6.34. The summed E-state index contributed by atoms with van der Waals surface area (Å²) >= 11 is 11.9. The molecule has 1 aromatic heterocycles. The number of nitrogens with zero attached hydrogens (tertiary/aromatic N) is 1. The summed E-state index contributed by atoms with van der Waals surface area (Å²) in [7, 11) is 0. The van der Waals surface area contributed by atoms with Gasteiger partial charge in [0.1, 0.15) is 11.7 Å². The molecule has 2 N–H and O–H groups in total. The summed E-state index contributed by atoms with van der Waals surface area (Å²) in [6.07, 6.45) is -0.0298. The zero-order valence-corrected chi connectivity index (χ0v) is 14.9. The number of nitrogens with one attached hydrogen (secondary N) is 1. The lowest BCUT2D eigenvalue weighted by atomic mass is 10.1. The standard InChI is InChI=1S/C18H14Cl2N2O4/c19-11-5-10(6-12(20)8-11)7-15(18(24)25)21-17(23)9-14-13-3-1-2-4-16(13)26-22-14/h1-6,8,15H,7,9H2,(H,21,23)(H,24,25). The number of aromatic nitrogens is 1. The molecule has 0 saturated heterocycles. The smallest absolute Gasteiger partial charge is 0.326 e. The van der Waals surface area contributed by atoms with E-state index in [2.05, 4.69) is 10.5 Å². The lowest BCUT2D eigenvalue weighted by Crippen LogP contribution is -2.43. The number of halogens is 2. The van der Waals surface area contributed by atoms with Gasteiger partial charge >= 0.3 is 5.97 Å². The van der Waals surface area contributed by atoms with E-state index in [-0.39, 0.29) is 12.8 Å². The maximum Gasteiger partial charge on any atom is 0.326 e. The first-order chi connectivity index (χ1) is 12.4. The monoisotopic (exact) mass is 392 g/mol. The van der Waals surface area contributed by atoms with Gasteiger partial charge in [-0.25, -0.2) is 4.79 Å². The van der Waals surface area contributed by atoms with E-state index in [0.29, 0.717) is 26.9 Å². The second kappa shape index (κ2) is 7.76. The van der Waals surface area contributed by atoms with E-state index < -0.39 is 17.9 Å². The Balaban J connectivity index is 1.71. The van der Waals surface area contributed by atoms with Gasteiger partial charge in [0.25, 0.3) is 0 Å². The minimum atomic E-state index is -1.15. The zero-order valence-electron chi connectivity index (χ0n) is 13.4. The molecule has 3 rings (SSSR count). The van der Waals surface area contributed by atoms with Gasteiger partial charge in [-0.2, -0.15) is 0 Å². The number of amides is 1. The molecule has 134 valence electrons. The minimum absolute atomic E-state index is 0.0565. The lowest BCUT2D eigenvalue weighted by Gasteiger charge is -2.14. The number of carbonyl (C=O) groups excluding carboxylic acids is 1. The molecule has 6 nitrogen and oxygen atoms in total. The molecular weight excluding hydrogens is 379 g/mol. The molecule has 3 aromatic rings. The maximum atomic E-state index is 12.3. The minimum Gasteiger partial charge on any atom is -0.480 e. The molecule has 0 aliphatic carbocycles. The van der Waals surface area contributed by atoms with E-state index in [0.717, 1.165) is 5.39 Å². The molecule has 0 saturated carbocycles. The summed E-state index contributed by atoms with van der Waals surface area (Å²) in [6.45, 7) is 0. The zero-order chi connectivity index (χ0) is 18.7. The molecule has 0 spiro atoms. The number of hydrogen-bond donors (Lipinski definition) is 2. The van der Waals surface area contributed by atoms with E-state index in [1.165, 1.54) is 0 Å². The van der Waals surface area contributed by atoms with E-state index in [1.54, 1.807) is 36.4 Å². The molecule has 0 aliphatic rings. The Morgan fingerprint density at radius 2 is 1.85 bits per heavy atom. The summed E-state index contributed by atoms with van der Waals surface area (Å²) in [6, 6.07) is 10.8. The quantitative estimate of drug-likeness (QED) is 0.669. The third-order valence-corrected chi connectivity index (χ3v) is 4.21. The van der Waals surface area contributed by atoms with Crippen LogP contribution in [0.25, 0.3) is 11.0 Å². The van der Waals surface area contributed by atoms with Crippen LogP contribution in [0, 0.1) is 0 Å². The van der Waals surface area contributed by atoms with Gasteiger partial charge < -0.3 is 14.9 Å². The highest BCUT2D eigenvalue weighted by Gasteiger charge is 2.22. The number of rotatable bonds is 6. The van der Waals surface area contributed by atoms with Crippen molar-refractivity contribution >= 4 is 46.0 Å². The van der Waals surface area contributed by atoms with Gasteiger partial charge in [-0.3, -0.25) is 4.79 Å². The first kappa shape index (κ1) is 18.2. The van der Waals surface area contributed by atoms with Crippen LogP contribution in [0.4, 0.5) is 0 Å². The number of benzene rings is 2. The van der Waals surface area contributed by atoms with Crippen molar-refractivity contribution in [2.75, 3.05) is 0 Å². The average Bonchev–Trinajstić information content (AvgIpc) is 2.96. The number of fused-ring (bicyclic) bond motifs is 1. The average molecular weight is 393 g/mol. The van der Waals surface area contributed by atoms with Gasteiger partial charge in [0.15, 0.2) is 5.58 Å². The number of carboxylic acid groups (broad SMARTS) is 1. The molecule has 1 atom stereocenters. The SMILES string of the molecule is O=C(Cc1noc2ccccc12)NC(Cc1cc(Cl)cc(Cl)c1)C(=O)O. The highest BCUT2D eigenvalue weighted by Crippen LogP contribution is 2.21. The second-order valence-corrected chi connectivity index (χ2v) is 6.62. The number of hydrogen-bond acceptors (Lipinski definition) is 4.